The molecule has 33 heavy (non-hydrogen) atoms. The second-order valence-corrected chi connectivity index (χ2v) is 9.20. The molecule has 0 aliphatic heterocycles. The number of hydrogen-bond acceptors (Lipinski definition) is 5. The molecule has 0 spiro atoms. The van der Waals surface area contributed by atoms with E-state index >= 15 is 0 Å². The number of fused-ring (bicyclic) bond motifs is 3. The minimum atomic E-state index is -0.174. The number of phenols is 2. The van der Waals surface area contributed by atoms with Crippen molar-refractivity contribution in [2.24, 2.45) is 0 Å². The fourth-order valence-corrected chi connectivity index (χ4v) is 4.36. The van der Waals surface area contributed by atoms with Crippen molar-refractivity contribution in [3.8, 4) is 34.0 Å². The van der Waals surface area contributed by atoms with Crippen molar-refractivity contribution in [2.75, 3.05) is 5.32 Å². The zero-order valence-corrected chi connectivity index (χ0v) is 19.7. The Kier molecular flexibility index (Phi) is 5.72. The highest BCUT2D eigenvalue weighted by Gasteiger charge is 2.23. The van der Waals surface area contributed by atoms with Crippen LogP contribution in [0.4, 0.5) is 5.82 Å². The van der Waals surface area contributed by atoms with E-state index in [9.17, 15) is 15.0 Å². The maximum Gasteiger partial charge on any atom is 0.230 e. The van der Waals surface area contributed by atoms with Crippen LogP contribution in [0.25, 0.3) is 22.5 Å². The molecule has 1 aromatic heterocycles. The average molecular weight is 549 g/mol. The molecule has 0 bridgehead atoms. The fraction of sp³-hybridized carbons (Fsp3) is 0.115. The number of carbonyl (C=O) groups excluding carboxylic acids is 1. The molecular formula is C26H20IN3O3. The minimum Gasteiger partial charge on any atom is -0.508 e. The van der Waals surface area contributed by atoms with Crippen LogP contribution in [0.1, 0.15) is 16.8 Å². The smallest absolute Gasteiger partial charge is 0.230 e. The molecule has 7 heteroatoms. The Labute approximate surface area is 204 Å². The van der Waals surface area contributed by atoms with E-state index in [4.69, 9.17) is 9.97 Å². The van der Waals surface area contributed by atoms with Crippen molar-refractivity contribution in [1.29, 1.82) is 0 Å². The third kappa shape index (κ3) is 4.54. The molecule has 0 saturated heterocycles. The van der Waals surface area contributed by atoms with E-state index in [0.29, 0.717) is 17.9 Å². The van der Waals surface area contributed by atoms with E-state index in [-0.39, 0.29) is 23.8 Å². The number of rotatable bonds is 4. The van der Waals surface area contributed by atoms with Crippen LogP contribution in [0.3, 0.4) is 0 Å². The van der Waals surface area contributed by atoms with E-state index < -0.39 is 0 Å². The summed E-state index contributed by atoms with van der Waals surface area (Å²) >= 11 is 2.23. The van der Waals surface area contributed by atoms with Crippen LogP contribution in [0.2, 0.25) is 0 Å². The monoisotopic (exact) mass is 549 g/mol. The molecule has 4 aromatic rings. The van der Waals surface area contributed by atoms with E-state index in [0.717, 1.165) is 43.6 Å². The maximum atomic E-state index is 12.9. The van der Waals surface area contributed by atoms with Crippen molar-refractivity contribution in [2.45, 2.75) is 19.3 Å². The van der Waals surface area contributed by atoms with Crippen LogP contribution in [-0.2, 0) is 24.1 Å². The topological polar surface area (TPSA) is 95.3 Å². The van der Waals surface area contributed by atoms with Gasteiger partial charge < -0.3 is 15.5 Å². The predicted octanol–water partition coefficient (Wildman–Crippen LogP) is 5.11. The largest absolute Gasteiger partial charge is 0.508 e. The van der Waals surface area contributed by atoms with Gasteiger partial charge in [0.1, 0.15) is 17.2 Å². The Balaban J connectivity index is 1.55. The second-order valence-electron chi connectivity index (χ2n) is 7.96. The molecule has 0 fully saturated rings. The maximum absolute atomic E-state index is 12.9. The molecule has 0 unspecified atom stereocenters. The van der Waals surface area contributed by atoms with Gasteiger partial charge in [0.25, 0.3) is 0 Å². The van der Waals surface area contributed by atoms with Gasteiger partial charge in [-0.05, 0) is 101 Å². The number of aryl methyl sites for hydroxylation is 2. The highest BCUT2D eigenvalue weighted by Crippen LogP contribution is 2.37. The molecule has 3 N–H and O–H groups in total. The SMILES string of the molecule is O=C(Cc1ccc(I)cc1)Nc1nc2c(nc1-c1ccc(O)cc1)-c1ccc(O)cc1CC2. The number of aromatic hydroxyl groups is 2. The molecule has 5 rings (SSSR count). The summed E-state index contributed by atoms with van der Waals surface area (Å²) in [5, 5.41) is 22.5. The van der Waals surface area contributed by atoms with Crippen molar-refractivity contribution in [1.82, 2.24) is 9.97 Å². The predicted molar refractivity (Wildman–Crippen MR) is 135 cm³/mol. The highest BCUT2D eigenvalue weighted by molar-refractivity contribution is 14.1. The normalized spacial score (nSPS) is 12.0. The lowest BCUT2D eigenvalue weighted by Gasteiger charge is -2.21. The number of aromatic nitrogens is 2. The average Bonchev–Trinajstić information content (AvgIpc) is 2.80. The molecule has 0 saturated carbocycles. The Morgan fingerprint density at radius 1 is 0.879 bits per heavy atom. The van der Waals surface area contributed by atoms with Crippen molar-refractivity contribution in [3.63, 3.8) is 0 Å². The van der Waals surface area contributed by atoms with Gasteiger partial charge in [-0.25, -0.2) is 9.97 Å². The Morgan fingerprint density at radius 3 is 2.36 bits per heavy atom. The Bertz CT molecular complexity index is 1350. The second kappa shape index (κ2) is 8.82. The van der Waals surface area contributed by atoms with E-state index in [2.05, 4.69) is 27.9 Å². The number of carbonyl (C=O) groups is 1. The van der Waals surface area contributed by atoms with Gasteiger partial charge >= 0.3 is 0 Å². The van der Waals surface area contributed by atoms with Crippen LogP contribution >= 0.6 is 22.6 Å². The lowest BCUT2D eigenvalue weighted by atomic mass is 9.91. The van der Waals surface area contributed by atoms with Gasteiger partial charge in [-0.3, -0.25) is 4.79 Å². The molecular weight excluding hydrogens is 529 g/mol. The summed E-state index contributed by atoms with van der Waals surface area (Å²) in [5.74, 6) is 0.599. The van der Waals surface area contributed by atoms with Crippen LogP contribution < -0.4 is 5.32 Å². The van der Waals surface area contributed by atoms with Crippen LogP contribution in [0.5, 0.6) is 11.5 Å². The molecule has 6 nitrogen and oxygen atoms in total. The van der Waals surface area contributed by atoms with Gasteiger partial charge in [0.05, 0.1) is 17.8 Å². The molecule has 1 heterocycles. The number of nitrogens with zero attached hydrogens (tertiary/aromatic N) is 2. The molecule has 0 radical (unpaired) electrons. The molecule has 3 aromatic carbocycles. The van der Waals surface area contributed by atoms with Crippen molar-refractivity contribution in [3.05, 3.63) is 87.1 Å². The molecule has 164 valence electrons. The lowest BCUT2D eigenvalue weighted by Crippen LogP contribution is -2.18. The van der Waals surface area contributed by atoms with Crippen LogP contribution in [0, 0.1) is 3.57 Å². The number of hydrogen-bond donors (Lipinski definition) is 3. The first-order valence-electron chi connectivity index (χ1n) is 10.5. The molecule has 0 atom stereocenters. The first-order valence-corrected chi connectivity index (χ1v) is 11.6. The zero-order chi connectivity index (χ0) is 22.9. The zero-order valence-electron chi connectivity index (χ0n) is 17.5. The van der Waals surface area contributed by atoms with Gasteiger partial charge in [-0.15, -0.1) is 0 Å². The van der Waals surface area contributed by atoms with E-state index in [1.54, 1.807) is 36.4 Å². The first-order chi connectivity index (χ1) is 16.0. The number of benzene rings is 3. The third-order valence-corrected chi connectivity index (χ3v) is 6.34. The van der Waals surface area contributed by atoms with E-state index in [1.807, 2.05) is 30.3 Å². The number of nitrogens with one attached hydrogen (secondary N) is 1. The van der Waals surface area contributed by atoms with E-state index in [1.165, 1.54) is 0 Å². The summed E-state index contributed by atoms with van der Waals surface area (Å²) in [6.45, 7) is 0. The summed E-state index contributed by atoms with van der Waals surface area (Å²) in [5.41, 5.74) is 5.68. The Morgan fingerprint density at radius 2 is 1.61 bits per heavy atom. The number of amides is 1. The summed E-state index contributed by atoms with van der Waals surface area (Å²) < 4.78 is 1.11. The number of anilines is 1. The van der Waals surface area contributed by atoms with Gasteiger partial charge in [0.2, 0.25) is 5.91 Å². The molecule has 1 aliphatic rings. The molecule has 1 amide bonds. The summed E-state index contributed by atoms with van der Waals surface area (Å²) in [6, 6.07) is 19.7. The fourth-order valence-electron chi connectivity index (χ4n) is 4.00. The minimum absolute atomic E-state index is 0.148. The summed E-state index contributed by atoms with van der Waals surface area (Å²) in [6.07, 6.45) is 1.63. The summed E-state index contributed by atoms with van der Waals surface area (Å²) in [7, 11) is 0. The standard InChI is InChI=1S/C26H20IN3O3/c27-18-6-1-15(2-7-18)13-23(33)29-26-24(16-3-8-19(31)9-4-16)30-25-21-11-10-20(32)14-17(21)5-12-22(25)28-26/h1-4,6-11,14,31-32H,5,12-13H2,(H,28,29,33). The van der Waals surface area contributed by atoms with Gasteiger partial charge in [-0.1, -0.05) is 12.1 Å². The number of halogens is 1. The van der Waals surface area contributed by atoms with Gasteiger partial charge in [0.15, 0.2) is 5.82 Å². The number of phenolic OH excluding ortho intramolecular Hbond substituents is 2. The van der Waals surface area contributed by atoms with Crippen molar-refractivity contribution < 1.29 is 15.0 Å². The summed E-state index contributed by atoms with van der Waals surface area (Å²) in [4.78, 5) is 22.6. The van der Waals surface area contributed by atoms with Gasteiger partial charge in [0, 0.05) is 14.7 Å². The van der Waals surface area contributed by atoms with Crippen LogP contribution in [-0.4, -0.2) is 26.1 Å². The lowest BCUT2D eigenvalue weighted by molar-refractivity contribution is -0.115. The highest BCUT2D eigenvalue weighted by atomic mass is 127. The first kappa shape index (κ1) is 21.4. The van der Waals surface area contributed by atoms with Crippen molar-refractivity contribution >= 4 is 34.3 Å². The van der Waals surface area contributed by atoms with Crippen LogP contribution in [0.15, 0.2) is 66.7 Å². The Hall–Kier alpha value is -3.46. The molecule has 1 aliphatic carbocycles. The quantitative estimate of drug-likeness (QED) is 0.308. The van der Waals surface area contributed by atoms with Gasteiger partial charge in [-0.2, -0.15) is 0 Å². The third-order valence-electron chi connectivity index (χ3n) is 5.62.